The molecule has 0 aromatic rings. The number of rotatable bonds is 0. The van der Waals surface area contributed by atoms with Gasteiger partial charge in [0.05, 0.1) is 0 Å². The fourth-order valence-corrected chi connectivity index (χ4v) is 0. The van der Waals surface area contributed by atoms with Crippen molar-refractivity contribution in [3.05, 3.63) is 0 Å². The van der Waals surface area contributed by atoms with Crippen LogP contribution in [0.15, 0.2) is 0 Å². The summed E-state index contributed by atoms with van der Waals surface area (Å²) in [6.07, 6.45) is 0. The summed E-state index contributed by atoms with van der Waals surface area (Å²) in [6, 6.07) is 0. The minimum atomic E-state index is 0. The van der Waals surface area contributed by atoms with Crippen LogP contribution in [0.25, 0.3) is 0 Å². The molecule has 0 unspecified atom stereocenters. The Labute approximate surface area is 151 Å². The predicted molar refractivity (Wildman–Crippen MR) is 0 cm³/mol. The van der Waals surface area contributed by atoms with Gasteiger partial charge in [0.15, 0.2) is 0 Å². The Bertz CT molecular complexity index is 8.04. The summed E-state index contributed by atoms with van der Waals surface area (Å²) < 4.78 is 0. The van der Waals surface area contributed by atoms with Gasteiger partial charge in [0.2, 0.25) is 0 Å². The van der Waals surface area contributed by atoms with E-state index in [9.17, 15) is 0 Å². The van der Waals surface area contributed by atoms with Gasteiger partial charge >= 0.3 is 69.5 Å². The third-order valence-electron chi connectivity index (χ3n) is 0. The van der Waals surface area contributed by atoms with E-state index in [1.165, 1.54) is 0 Å². The molecule has 0 saturated heterocycles. The predicted octanol–water partition coefficient (Wildman–Crippen LogP) is -18.0. The average Bonchev–Trinajstić information content (AvgIpc) is 0. The van der Waals surface area contributed by atoms with E-state index >= 15 is 0 Å². The maximum Gasteiger partial charge on any atom is 4.00 e. The standard InChI is InChI=1S/5BrH.Na.Th/h5*1H;;/q;;;;;+1;+4/p-5. The molecule has 0 aliphatic heterocycles. The summed E-state index contributed by atoms with van der Waals surface area (Å²) in [5.74, 6) is 0. The quantitative estimate of drug-likeness (QED) is 0.228. The van der Waals surface area contributed by atoms with Crippen LogP contribution in [-0.4, -0.2) is 0 Å². The van der Waals surface area contributed by atoms with Crippen LogP contribution in [0, 0.1) is 39.9 Å². The molecule has 0 heterocycles. The Morgan fingerprint density at radius 1 is 0.429 bits per heavy atom. The minimum absolute atomic E-state index is 0. The van der Waals surface area contributed by atoms with Crippen molar-refractivity contribution in [2.45, 2.75) is 0 Å². The first-order chi connectivity index (χ1) is 0. The molecule has 0 fully saturated rings. The minimum Gasteiger partial charge on any atom is -1.00 e. The molecule has 0 amide bonds. The Balaban J connectivity index is 0. The summed E-state index contributed by atoms with van der Waals surface area (Å²) in [4.78, 5) is 0. The maximum atomic E-state index is 0. The van der Waals surface area contributed by atoms with Crippen LogP contribution in [0.3, 0.4) is 0 Å². The molecule has 0 spiro atoms. The van der Waals surface area contributed by atoms with Crippen LogP contribution in [-0.2, 0) is 0 Å². The maximum absolute atomic E-state index is 0. The van der Waals surface area contributed by atoms with Gasteiger partial charge < -0.3 is 84.9 Å². The second-order valence-electron chi connectivity index (χ2n) is 0. The molecule has 0 radical (unpaired) electrons. The van der Waals surface area contributed by atoms with E-state index in [0.717, 1.165) is 0 Å². The zero-order chi connectivity index (χ0) is 0. The van der Waals surface area contributed by atoms with Crippen LogP contribution < -0.4 is 114 Å². The molecule has 40 valence electrons. The molecular formula is Br5NaTh. The molecule has 0 aliphatic rings. The first kappa shape index (κ1) is 60.4. The van der Waals surface area contributed by atoms with Gasteiger partial charge in [0, 0.05) is 0 Å². The first-order valence-electron chi connectivity index (χ1n) is 0. The topological polar surface area (TPSA) is 0 Å². The van der Waals surface area contributed by atoms with Crippen molar-refractivity contribution in [3.8, 4) is 0 Å². The van der Waals surface area contributed by atoms with E-state index in [4.69, 9.17) is 0 Å². The Morgan fingerprint density at radius 3 is 0.429 bits per heavy atom. The molecular weight excluding hydrogens is 655 g/mol. The number of hydrogen-bond donors (Lipinski definition) is 0. The Hall–Kier alpha value is 4.72. The molecule has 0 bridgehead atoms. The zero-order valence-corrected chi connectivity index (χ0v) is 17.4. The van der Waals surface area contributed by atoms with E-state index in [1.807, 2.05) is 0 Å². The molecule has 0 atom stereocenters. The smallest absolute Gasteiger partial charge is 1.00 e. The molecule has 0 aliphatic carbocycles. The molecule has 7 heavy (non-hydrogen) atoms. The fourth-order valence-electron chi connectivity index (χ4n) is 0. The first-order valence-corrected chi connectivity index (χ1v) is 0. The van der Waals surface area contributed by atoms with Gasteiger partial charge in [-0.3, -0.25) is 0 Å². The second kappa shape index (κ2) is 45.4. The van der Waals surface area contributed by atoms with Crippen molar-refractivity contribution in [1.29, 1.82) is 0 Å². The Morgan fingerprint density at radius 2 is 0.429 bits per heavy atom. The van der Waals surface area contributed by atoms with Gasteiger partial charge in [-0.1, -0.05) is 0 Å². The summed E-state index contributed by atoms with van der Waals surface area (Å²) in [7, 11) is 0. The SMILES string of the molecule is [Br-].[Br-].[Br-].[Br-].[Br-].[Na+].[Th+4]. The van der Waals surface area contributed by atoms with E-state index in [0.29, 0.717) is 0 Å². The van der Waals surface area contributed by atoms with Gasteiger partial charge in [-0.05, 0) is 0 Å². The number of hydrogen-bond acceptors (Lipinski definition) is 0. The molecule has 7 heteroatoms. The van der Waals surface area contributed by atoms with E-state index in [1.54, 1.807) is 0 Å². The van der Waals surface area contributed by atoms with Gasteiger partial charge in [-0.2, -0.15) is 0 Å². The van der Waals surface area contributed by atoms with Gasteiger partial charge in [0.25, 0.3) is 0 Å². The summed E-state index contributed by atoms with van der Waals surface area (Å²) >= 11 is 0. The molecule has 0 aromatic carbocycles. The fraction of sp³-hybridized carbons (Fsp3) is 0. The molecule has 0 nitrogen and oxygen atoms in total. The average molecular weight is 655 g/mol. The van der Waals surface area contributed by atoms with E-state index in [-0.39, 0.29) is 154 Å². The van der Waals surface area contributed by atoms with E-state index < -0.39 is 0 Å². The van der Waals surface area contributed by atoms with Crippen LogP contribution in [0.1, 0.15) is 0 Å². The van der Waals surface area contributed by atoms with Gasteiger partial charge in [-0.25, -0.2) is 0 Å². The van der Waals surface area contributed by atoms with Crippen LogP contribution in [0.4, 0.5) is 0 Å². The largest absolute Gasteiger partial charge is 4.00 e. The van der Waals surface area contributed by atoms with Crippen molar-refractivity contribution in [3.63, 3.8) is 0 Å². The van der Waals surface area contributed by atoms with Crippen molar-refractivity contribution in [2.24, 2.45) is 0 Å². The molecule has 0 saturated carbocycles. The molecule has 0 N–H and O–H groups in total. The van der Waals surface area contributed by atoms with Gasteiger partial charge in [-0.15, -0.1) is 0 Å². The van der Waals surface area contributed by atoms with Gasteiger partial charge in [0.1, 0.15) is 0 Å². The third kappa shape index (κ3) is 36.6. The normalized spacial score (nSPS) is 0. The van der Waals surface area contributed by atoms with Crippen LogP contribution in [0.5, 0.6) is 0 Å². The summed E-state index contributed by atoms with van der Waals surface area (Å²) in [5.41, 5.74) is 0. The zero-order valence-electron chi connectivity index (χ0n) is 3.39. The van der Waals surface area contributed by atoms with Crippen molar-refractivity contribution in [1.82, 2.24) is 0 Å². The van der Waals surface area contributed by atoms with E-state index in [2.05, 4.69) is 0 Å². The van der Waals surface area contributed by atoms with Crippen molar-refractivity contribution < 1.29 is 154 Å². The van der Waals surface area contributed by atoms with Crippen molar-refractivity contribution in [2.75, 3.05) is 0 Å². The monoisotopic (exact) mass is 650 g/mol. The second-order valence-corrected chi connectivity index (χ2v) is 0. The van der Waals surface area contributed by atoms with Crippen molar-refractivity contribution >= 4 is 0 Å². The van der Waals surface area contributed by atoms with Crippen LogP contribution in [0.2, 0.25) is 0 Å². The molecule has 0 aromatic heterocycles. The number of halogens is 5. The Kier molecular flexibility index (Phi) is 392. The summed E-state index contributed by atoms with van der Waals surface area (Å²) in [6.45, 7) is 0. The van der Waals surface area contributed by atoms with Crippen LogP contribution >= 0.6 is 0 Å². The third-order valence-corrected chi connectivity index (χ3v) is 0. The summed E-state index contributed by atoms with van der Waals surface area (Å²) in [5, 5.41) is 0. The molecule has 0 rings (SSSR count).